The molecular weight excluding hydrogens is 422 g/mol. The van der Waals surface area contributed by atoms with Crippen molar-refractivity contribution in [3.63, 3.8) is 0 Å². The van der Waals surface area contributed by atoms with Crippen LogP contribution in [-0.2, 0) is 13.1 Å². The van der Waals surface area contributed by atoms with E-state index in [4.69, 9.17) is 11.6 Å². The molecule has 6 nitrogen and oxygen atoms in total. The van der Waals surface area contributed by atoms with Crippen LogP contribution in [0.1, 0.15) is 34.5 Å². The molecule has 1 aliphatic rings. The Morgan fingerprint density at radius 3 is 2.53 bits per heavy atom. The van der Waals surface area contributed by atoms with Crippen molar-refractivity contribution in [2.24, 2.45) is 5.92 Å². The van der Waals surface area contributed by atoms with Crippen LogP contribution in [0.5, 0.6) is 0 Å². The van der Waals surface area contributed by atoms with E-state index in [-0.39, 0.29) is 5.91 Å². The lowest BCUT2D eigenvalue weighted by molar-refractivity contribution is -0.928. The maximum absolute atomic E-state index is 12.9. The van der Waals surface area contributed by atoms with Crippen LogP contribution in [0, 0.1) is 5.92 Å². The second kappa shape index (κ2) is 9.84. The molecule has 2 aromatic carbocycles. The van der Waals surface area contributed by atoms with Crippen molar-refractivity contribution >= 4 is 17.5 Å². The molecule has 7 heteroatoms. The van der Waals surface area contributed by atoms with Gasteiger partial charge in [-0.15, -0.1) is 5.10 Å². The molecule has 168 valence electrons. The Kier molecular flexibility index (Phi) is 6.92. The maximum atomic E-state index is 12.9. The molecule has 0 unspecified atom stereocenters. The number of likely N-dealkylation sites (tertiary alicyclic amines) is 1. The van der Waals surface area contributed by atoms with Crippen LogP contribution in [-0.4, -0.2) is 64.0 Å². The molecule has 1 saturated heterocycles. The van der Waals surface area contributed by atoms with Gasteiger partial charge in [-0.1, -0.05) is 65.3 Å². The topological polar surface area (TPSA) is 51.0 Å². The van der Waals surface area contributed by atoms with Crippen LogP contribution in [0.2, 0.25) is 5.02 Å². The van der Waals surface area contributed by atoms with Crippen molar-refractivity contribution in [3.05, 3.63) is 82.6 Å². The number of amides is 1. The molecule has 0 aliphatic carbocycles. The fraction of sp³-hybridized carbons (Fsp3) is 0.400. The van der Waals surface area contributed by atoms with Crippen molar-refractivity contribution in [1.29, 1.82) is 0 Å². The first-order valence-corrected chi connectivity index (χ1v) is 11.6. The summed E-state index contributed by atoms with van der Waals surface area (Å²) in [5, 5.41) is 8.90. The minimum absolute atomic E-state index is 0.0810. The van der Waals surface area contributed by atoms with E-state index in [0.29, 0.717) is 23.2 Å². The summed E-state index contributed by atoms with van der Waals surface area (Å²) < 4.78 is 2.73. The van der Waals surface area contributed by atoms with Crippen molar-refractivity contribution in [3.8, 4) is 0 Å². The quantitative estimate of drug-likeness (QED) is 0.507. The summed E-state index contributed by atoms with van der Waals surface area (Å²) >= 11 is 6.23. The molecule has 0 atom stereocenters. The number of carbonyl (C=O) groups is 1. The van der Waals surface area contributed by atoms with Crippen molar-refractivity contribution in [1.82, 2.24) is 19.9 Å². The molecular formula is C25H31ClN5O+. The van der Waals surface area contributed by atoms with E-state index in [1.807, 2.05) is 31.3 Å². The van der Waals surface area contributed by atoms with E-state index in [9.17, 15) is 4.79 Å². The van der Waals surface area contributed by atoms with Gasteiger partial charge in [-0.2, -0.15) is 0 Å². The molecule has 1 aromatic heterocycles. The van der Waals surface area contributed by atoms with Gasteiger partial charge in [-0.25, -0.2) is 4.68 Å². The third kappa shape index (κ3) is 5.56. The van der Waals surface area contributed by atoms with Crippen molar-refractivity contribution in [2.75, 3.05) is 33.7 Å². The summed E-state index contributed by atoms with van der Waals surface area (Å²) in [6.07, 6.45) is 3.96. The zero-order chi connectivity index (χ0) is 22.6. The first kappa shape index (κ1) is 22.5. The minimum atomic E-state index is -0.0810. The number of carbonyl (C=O) groups excluding carboxylic acids is 1. The molecule has 0 N–H and O–H groups in total. The zero-order valence-corrected chi connectivity index (χ0v) is 19.6. The standard InChI is InChI=1S/C25H31ClN5O/c1-29(16-20-12-14-31(2,15-13-20)19-21-8-4-3-5-9-21)25(32)24-18-30(28-27-24)17-22-10-6-7-11-23(22)26/h3-11,18,20H,12-17,19H2,1-2H3/q+1. The Hall–Kier alpha value is -2.70. The summed E-state index contributed by atoms with van der Waals surface area (Å²) in [6.45, 7) is 4.58. The third-order valence-corrected chi connectivity index (χ3v) is 6.86. The van der Waals surface area contributed by atoms with Crippen LogP contribution < -0.4 is 0 Å². The molecule has 4 rings (SSSR count). The summed E-state index contributed by atoms with van der Waals surface area (Å²) in [4.78, 5) is 14.7. The first-order chi connectivity index (χ1) is 15.4. The fourth-order valence-electron chi connectivity index (χ4n) is 4.55. The number of hydrogen-bond acceptors (Lipinski definition) is 3. The van der Waals surface area contributed by atoms with Gasteiger partial charge in [0.05, 0.1) is 32.9 Å². The molecule has 2 heterocycles. The molecule has 32 heavy (non-hydrogen) atoms. The highest BCUT2D eigenvalue weighted by Crippen LogP contribution is 2.25. The van der Waals surface area contributed by atoms with Gasteiger partial charge in [0.25, 0.3) is 5.91 Å². The number of aromatic nitrogens is 3. The molecule has 0 bridgehead atoms. The highest BCUT2D eigenvalue weighted by molar-refractivity contribution is 6.31. The lowest BCUT2D eigenvalue weighted by Crippen LogP contribution is -2.50. The van der Waals surface area contributed by atoms with Gasteiger partial charge < -0.3 is 9.38 Å². The van der Waals surface area contributed by atoms with Crippen molar-refractivity contribution < 1.29 is 9.28 Å². The number of benzene rings is 2. The first-order valence-electron chi connectivity index (χ1n) is 11.2. The average Bonchev–Trinajstić information content (AvgIpc) is 3.25. The lowest BCUT2D eigenvalue weighted by atomic mass is 9.94. The van der Waals surface area contributed by atoms with E-state index < -0.39 is 0 Å². The van der Waals surface area contributed by atoms with E-state index >= 15 is 0 Å². The minimum Gasteiger partial charge on any atom is -0.340 e. The number of rotatable bonds is 7. The molecule has 0 radical (unpaired) electrons. The Balaban J connectivity index is 1.29. The highest BCUT2D eigenvalue weighted by Gasteiger charge is 2.31. The second-order valence-electron chi connectivity index (χ2n) is 9.23. The summed E-state index contributed by atoms with van der Waals surface area (Å²) in [5.41, 5.74) is 2.71. The Morgan fingerprint density at radius 2 is 1.81 bits per heavy atom. The van der Waals surface area contributed by atoms with Gasteiger partial charge in [0, 0.05) is 37.0 Å². The van der Waals surface area contributed by atoms with E-state index in [2.05, 4.69) is 47.7 Å². The summed E-state index contributed by atoms with van der Waals surface area (Å²) in [5.74, 6) is 0.437. The van der Waals surface area contributed by atoms with Gasteiger partial charge in [-0.05, 0) is 17.5 Å². The second-order valence-corrected chi connectivity index (χ2v) is 9.64. The van der Waals surface area contributed by atoms with Gasteiger partial charge in [0.2, 0.25) is 0 Å². The smallest absolute Gasteiger partial charge is 0.275 e. The predicted octanol–water partition coefficient (Wildman–Crippen LogP) is 4.11. The number of halogens is 1. The van der Waals surface area contributed by atoms with Gasteiger partial charge in [0.1, 0.15) is 6.54 Å². The Morgan fingerprint density at radius 1 is 1.12 bits per heavy atom. The molecule has 0 spiro atoms. The largest absolute Gasteiger partial charge is 0.340 e. The zero-order valence-electron chi connectivity index (χ0n) is 18.8. The van der Waals surface area contributed by atoms with Crippen LogP contribution in [0.4, 0.5) is 0 Å². The van der Waals surface area contributed by atoms with E-state index in [1.54, 1.807) is 15.8 Å². The van der Waals surface area contributed by atoms with E-state index in [0.717, 1.165) is 49.1 Å². The van der Waals surface area contributed by atoms with Crippen LogP contribution in [0.3, 0.4) is 0 Å². The van der Waals surface area contributed by atoms with Crippen molar-refractivity contribution in [2.45, 2.75) is 25.9 Å². The molecule has 1 amide bonds. The molecule has 1 fully saturated rings. The fourth-order valence-corrected chi connectivity index (χ4v) is 4.75. The third-order valence-electron chi connectivity index (χ3n) is 6.49. The van der Waals surface area contributed by atoms with Crippen LogP contribution in [0.25, 0.3) is 0 Å². The maximum Gasteiger partial charge on any atom is 0.275 e. The number of hydrogen-bond donors (Lipinski definition) is 0. The van der Waals surface area contributed by atoms with Crippen LogP contribution in [0.15, 0.2) is 60.8 Å². The van der Waals surface area contributed by atoms with Gasteiger partial charge >= 0.3 is 0 Å². The Labute approximate surface area is 195 Å². The normalized spacial score (nSPS) is 20.8. The average molecular weight is 453 g/mol. The SMILES string of the molecule is CN(CC1CC[N+](C)(Cc2ccccc2)CC1)C(=O)c1cn(Cc2ccccc2Cl)nn1. The summed E-state index contributed by atoms with van der Waals surface area (Å²) in [6, 6.07) is 18.3. The number of quaternary nitrogens is 1. The number of piperidine rings is 1. The highest BCUT2D eigenvalue weighted by atomic mass is 35.5. The molecule has 1 aliphatic heterocycles. The van der Waals surface area contributed by atoms with Gasteiger partial charge in [-0.3, -0.25) is 4.79 Å². The summed E-state index contributed by atoms with van der Waals surface area (Å²) in [7, 11) is 4.21. The number of nitrogens with zero attached hydrogens (tertiary/aromatic N) is 5. The predicted molar refractivity (Wildman–Crippen MR) is 126 cm³/mol. The molecule has 0 saturated carbocycles. The molecule has 3 aromatic rings. The monoisotopic (exact) mass is 452 g/mol. The lowest BCUT2D eigenvalue weighted by Gasteiger charge is -2.41. The van der Waals surface area contributed by atoms with Gasteiger partial charge in [0.15, 0.2) is 5.69 Å². The van der Waals surface area contributed by atoms with Crippen LogP contribution >= 0.6 is 11.6 Å². The van der Waals surface area contributed by atoms with E-state index in [1.165, 1.54) is 5.56 Å². The Bertz CT molecular complexity index is 1040.